The third-order valence-electron chi connectivity index (χ3n) is 5.22. The van der Waals surface area contributed by atoms with Crippen LogP contribution in [-0.4, -0.2) is 53.9 Å². The number of fused-ring (bicyclic) bond motifs is 1. The van der Waals surface area contributed by atoms with Crippen molar-refractivity contribution in [2.75, 3.05) is 33.0 Å². The molecule has 1 atom stereocenters. The van der Waals surface area contributed by atoms with Gasteiger partial charge < -0.3 is 14.4 Å². The van der Waals surface area contributed by atoms with Crippen molar-refractivity contribution < 1.29 is 14.3 Å². The number of hydrogen-bond donors (Lipinski definition) is 0. The third kappa shape index (κ3) is 4.62. The maximum atomic E-state index is 12.8. The predicted octanol–water partition coefficient (Wildman–Crippen LogP) is 3.38. The summed E-state index contributed by atoms with van der Waals surface area (Å²) in [5, 5.41) is -0.0133. The highest BCUT2D eigenvalue weighted by atomic mass is 32.2. The fourth-order valence-corrected chi connectivity index (χ4v) is 4.47. The van der Waals surface area contributed by atoms with Gasteiger partial charge in [0.1, 0.15) is 0 Å². The Balaban J connectivity index is 1.23. The number of carbonyl (C=O) groups excluding carboxylic acids is 1. The van der Waals surface area contributed by atoms with E-state index in [1.165, 1.54) is 11.1 Å². The second-order valence-electron chi connectivity index (χ2n) is 7.23. The predicted molar refractivity (Wildman–Crippen MR) is 112 cm³/mol. The van der Waals surface area contributed by atoms with E-state index >= 15 is 0 Å². The minimum absolute atomic E-state index is 0.0133. The molecule has 2 aliphatic heterocycles. The maximum Gasteiger partial charge on any atom is 0.235 e. The largest absolute Gasteiger partial charge is 0.454 e. The Morgan fingerprint density at radius 3 is 2.54 bits per heavy atom. The first kappa shape index (κ1) is 19.2. The molecule has 2 heterocycles. The Labute approximate surface area is 170 Å². The van der Waals surface area contributed by atoms with Crippen LogP contribution in [0.1, 0.15) is 18.1 Å². The number of amides is 1. The number of rotatable bonds is 6. The van der Waals surface area contributed by atoms with Crippen molar-refractivity contribution in [3.05, 3.63) is 59.7 Å². The molecule has 2 aliphatic rings. The quantitative estimate of drug-likeness (QED) is 0.746. The molecule has 2 aromatic rings. The number of benzene rings is 2. The smallest absolute Gasteiger partial charge is 0.235 e. The molecule has 2 aromatic carbocycles. The third-order valence-corrected chi connectivity index (χ3v) is 6.42. The molecule has 0 radical (unpaired) electrons. The van der Waals surface area contributed by atoms with Crippen molar-refractivity contribution in [1.82, 2.24) is 9.80 Å². The van der Waals surface area contributed by atoms with Gasteiger partial charge in [-0.3, -0.25) is 9.69 Å². The van der Waals surface area contributed by atoms with Gasteiger partial charge in [0.15, 0.2) is 11.5 Å². The summed E-state index contributed by atoms with van der Waals surface area (Å²) < 4.78 is 10.8. The minimum Gasteiger partial charge on any atom is -0.454 e. The fourth-order valence-electron chi connectivity index (χ4n) is 3.55. The van der Waals surface area contributed by atoms with Crippen LogP contribution in [0.2, 0.25) is 0 Å². The van der Waals surface area contributed by atoms with Gasteiger partial charge in [-0.1, -0.05) is 36.4 Å². The van der Waals surface area contributed by atoms with Gasteiger partial charge in [-0.2, -0.15) is 0 Å². The molecule has 0 bridgehead atoms. The number of nitrogens with zero attached hydrogens (tertiary/aromatic N) is 2. The summed E-state index contributed by atoms with van der Waals surface area (Å²) in [4.78, 5) is 17.2. The van der Waals surface area contributed by atoms with Gasteiger partial charge in [-0.25, -0.2) is 0 Å². The first-order chi connectivity index (χ1) is 13.7. The van der Waals surface area contributed by atoms with Crippen LogP contribution in [0.4, 0.5) is 0 Å². The molecule has 1 amide bonds. The Bertz CT molecular complexity index is 807. The van der Waals surface area contributed by atoms with Crippen LogP contribution in [0.5, 0.6) is 11.5 Å². The van der Waals surface area contributed by atoms with Gasteiger partial charge in [0.25, 0.3) is 0 Å². The van der Waals surface area contributed by atoms with Crippen LogP contribution < -0.4 is 9.47 Å². The molecule has 148 valence electrons. The summed E-state index contributed by atoms with van der Waals surface area (Å²) in [5.74, 6) is 2.78. The van der Waals surface area contributed by atoms with Gasteiger partial charge in [-0.15, -0.1) is 11.8 Å². The van der Waals surface area contributed by atoms with Crippen LogP contribution >= 0.6 is 11.8 Å². The normalized spacial score (nSPS) is 17.5. The lowest BCUT2D eigenvalue weighted by Crippen LogP contribution is -2.50. The summed E-state index contributed by atoms with van der Waals surface area (Å²) in [5.41, 5.74) is 2.48. The van der Waals surface area contributed by atoms with E-state index in [0.29, 0.717) is 6.79 Å². The zero-order chi connectivity index (χ0) is 19.3. The molecule has 1 saturated heterocycles. The van der Waals surface area contributed by atoms with Crippen molar-refractivity contribution >= 4 is 17.7 Å². The van der Waals surface area contributed by atoms with E-state index in [1.807, 2.05) is 36.1 Å². The molecule has 0 aromatic heterocycles. The standard InChI is InChI=1S/C22H26N2O3S/c1-17(28-15-18-5-3-2-4-6-18)22(25)24-11-9-23(10-12-24)14-19-7-8-20-21(13-19)27-16-26-20/h2-8,13,17H,9-12,14-16H2,1H3/t17-/m0/s1. The van der Waals surface area contributed by atoms with Crippen molar-refractivity contribution in [1.29, 1.82) is 0 Å². The highest BCUT2D eigenvalue weighted by Gasteiger charge is 2.25. The van der Waals surface area contributed by atoms with Crippen LogP contribution in [0.25, 0.3) is 0 Å². The molecule has 0 spiro atoms. The molecular formula is C22H26N2O3S. The van der Waals surface area contributed by atoms with Crippen LogP contribution in [0.15, 0.2) is 48.5 Å². The van der Waals surface area contributed by atoms with E-state index in [9.17, 15) is 4.79 Å². The minimum atomic E-state index is -0.0133. The molecule has 0 N–H and O–H groups in total. The Morgan fingerprint density at radius 2 is 1.75 bits per heavy atom. The van der Waals surface area contributed by atoms with Gasteiger partial charge in [0.2, 0.25) is 12.7 Å². The van der Waals surface area contributed by atoms with Crippen LogP contribution in [0, 0.1) is 0 Å². The number of piperazine rings is 1. The molecule has 0 saturated carbocycles. The van der Waals surface area contributed by atoms with Crippen LogP contribution in [-0.2, 0) is 17.1 Å². The van der Waals surface area contributed by atoms with Crippen LogP contribution in [0.3, 0.4) is 0 Å². The maximum absolute atomic E-state index is 12.8. The Morgan fingerprint density at radius 1 is 1.00 bits per heavy atom. The monoisotopic (exact) mass is 398 g/mol. The fraction of sp³-hybridized carbons (Fsp3) is 0.409. The lowest BCUT2D eigenvalue weighted by Gasteiger charge is -2.36. The number of thioether (sulfide) groups is 1. The second kappa shape index (κ2) is 8.88. The average Bonchev–Trinajstić information content (AvgIpc) is 3.21. The Hall–Kier alpha value is -2.18. The lowest BCUT2D eigenvalue weighted by atomic mass is 10.1. The SMILES string of the molecule is C[C@H](SCc1ccccc1)C(=O)N1CCN(Cc2ccc3c(c2)OCO3)CC1. The van der Waals surface area contributed by atoms with Gasteiger partial charge in [0.05, 0.1) is 5.25 Å². The van der Waals surface area contributed by atoms with E-state index in [1.54, 1.807) is 11.8 Å². The van der Waals surface area contributed by atoms with Gasteiger partial charge in [-0.05, 0) is 30.2 Å². The Kier molecular flexibility index (Phi) is 6.07. The highest BCUT2D eigenvalue weighted by Crippen LogP contribution is 2.32. The first-order valence-electron chi connectivity index (χ1n) is 9.74. The highest BCUT2D eigenvalue weighted by molar-refractivity contribution is 7.99. The van der Waals surface area contributed by atoms with Crippen molar-refractivity contribution in [3.8, 4) is 11.5 Å². The van der Waals surface area contributed by atoms with E-state index in [2.05, 4.69) is 29.2 Å². The molecule has 0 aliphatic carbocycles. The molecular weight excluding hydrogens is 372 g/mol. The molecule has 1 fully saturated rings. The van der Waals surface area contributed by atoms with Gasteiger partial charge in [0, 0.05) is 38.5 Å². The first-order valence-corrected chi connectivity index (χ1v) is 10.8. The zero-order valence-electron chi connectivity index (χ0n) is 16.2. The summed E-state index contributed by atoms with van der Waals surface area (Å²) in [6.45, 7) is 6.58. The second-order valence-corrected chi connectivity index (χ2v) is 8.56. The van der Waals surface area contributed by atoms with Crippen molar-refractivity contribution in [2.45, 2.75) is 24.5 Å². The molecule has 0 unspecified atom stereocenters. The summed E-state index contributed by atoms with van der Waals surface area (Å²) in [6.07, 6.45) is 0. The zero-order valence-corrected chi connectivity index (χ0v) is 17.0. The number of hydrogen-bond acceptors (Lipinski definition) is 5. The van der Waals surface area contributed by atoms with E-state index in [0.717, 1.165) is 50.0 Å². The summed E-state index contributed by atoms with van der Waals surface area (Å²) in [7, 11) is 0. The molecule has 5 nitrogen and oxygen atoms in total. The summed E-state index contributed by atoms with van der Waals surface area (Å²) >= 11 is 1.72. The topological polar surface area (TPSA) is 42.0 Å². The number of ether oxygens (including phenoxy) is 2. The average molecular weight is 399 g/mol. The van der Waals surface area contributed by atoms with E-state index in [4.69, 9.17) is 9.47 Å². The van der Waals surface area contributed by atoms with Gasteiger partial charge >= 0.3 is 0 Å². The van der Waals surface area contributed by atoms with E-state index in [-0.39, 0.29) is 11.2 Å². The number of carbonyl (C=O) groups is 1. The molecule has 4 rings (SSSR count). The molecule has 6 heteroatoms. The molecule has 28 heavy (non-hydrogen) atoms. The van der Waals surface area contributed by atoms with Crippen molar-refractivity contribution in [3.63, 3.8) is 0 Å². The van der Waals surface area contributed by atoms with Crippen molar-refractivity contribution in [2.24, 2.45) is 0 Å². The summed E-state index contributed by atoms with van der Waals surface area (Å²) in [6, 6.07) is 16.5. The lowest BCUT2D eigenvalue weighted by molar-refractivity contribution is -0.132. The van der Waals surface area contributed by atoms with E-state index < -0.39 is 0 Å².